The monoisotopic (exact) mass is 390 g/mol. The molecule has 2 aromatic heterocycles. The van der Waals surface area contributed by atoms with Crippen LogP contribution in [0.3, 0.4) is 0 Å². The quantitative estimate of drug-likeness (QED) is 0.671. The molecule has 6 heteroatoms. The fourth-order valence-corrected chi connectivity index (χ4v) is 5.24. The Hall–Kier alpha value is -2.73. The first-order valence-corrected chi connectivity index (χ1v) is 10.4. The lowest BCUT2D eigenvalue weighted by atomic mass is 9.73. The van der Waals surface area contributed by atoms with E-state index >= 15 is 0 Å². The molecule has 2 aliphatic rings. The Morgan fingerprint density at radius 1 is 1.18 bits per heavy atom. The highest BCUT2D eigenvalue weighted by Crippen LogP contribution is 2.47. The number of ketones is 1. The first-order valence-electron chi connectivity index (χ1n) is 9.52. The summed E-state index contributed by atoms with van der Waals surface area (Å²) in [5.74, 6) is 1.59. The van der Waals surface area contributed by atoms with Gasteiger partial charge in [0.15, 0.2) is 11.6 Å². The summed E-state index contributed by atoms with van der Waals surface area (Å²) < 4.78 is 1.90. The third-order valence-electron chi connectivity index (χ3n) is 5.51. The van der Waals surface area contributed by atoms with Gasteiger partial charge in [0, 0.05) is 28.1 Å². The van der Waals surface area contributed by atoms with E-state index in [1.807, 2.05) is 35.0 Å². The number of aryl methyl sites for hydroxylation is 1. The minimum atomic E-state index is -0.209. The fourth-order valence-electron chi connectivity index (χ4n) is 4.23. The minimum Gasteiger partial charge on any atom is -0.328 e. The Kier molecular flexibility index (Phi) is 3.81. The van der Waals surface area contributed by atoms with Crippen molar-refractivity contribution >= 4 is 23.1 Å². The number of nitrogens with zero attached hydrogens (tertiary/aromatic N) is 3. The predicted molar refractivity (Wildman–Crippen MR) is 111 cm³/mol. The largest absolute Gasteiger partial charge is 0.328 e. The number of thiophene rings is 1. The molecule has 0 saturated heterocycles. The van der Waals surface area contributed by atoms with Crippen LogP contribution >= 0.6 is 11.3 Å². The van der Waals surface area contributed by atoms with Crippen molar-refractivity contribution in [2.75, 3.05) is 5.32 Å². The standard InChI is InChI=1S/C22H22N4OS/c1-13-9-10-28-19(13)18-17-15(11-22(2,3)12-16(17)27)23-21-24-20(25-26(18)21)14-7-5-4-6-8-14/h4-10,18H,11-12H2,1-3H3,(H,23,24,25). The third-order valence-corrected chi connectivity index (χ3v) is 6.59. The van der Waals surface area contributed by atoms with E-state index in [0.717, 1.165) is 28.1 Å². The van der Waals surface area contributed by atoms with Crippen LogP contribution in [0.4, 0.5) is 5.95 Å². The van der Waals surface area contributed by atoms with Gasteiger partial charge in [0.1, 0.15) is 6.04 Å². The number of anilines is 1. The van der Waals surface area contributed by atoms with Crippen molar-refractivity contribution in [3.8, 4) is 11.4 Å². The number of aromatic nitrogens is 3. The predicted octanol–water partition coefficient (Wildman–Crippen LogP) is 4.97. The molecule has 0 saturated carbocycles. The zero-order chi connectivity index (χ0) is 19.5. The van der Waals surface area contributed by atoms with Crippen molar-refractivity contribution < 1.29 is 4.79 Å². The summed E-state index contributed by atoms with van der Waals surface area (Å²) in [7, 11) is 0. The lowest BCUT2D eigenvalue weighted by Crippen LogP contribution is -2.36. The number of carbonyl (C=O) groups excluding carboxylic acids is 1. The number of Topliss-reactive ketones (excluding diaryl/α,β-unsaturated/α-hetero) is 1. The summed E-state index contributed by atoms with van der Waals surface area (Å²) in [6.45, 7) is 6.40. The van der Waals surface area contributed by atoms with Crippen molar-refractivity contribution in [1.82, 2.24) is 14.8 Å². The highest BCUT2D eigenvalue weighted by Gasteiger charge is 2.42. The molecule has 0 amide bonds. The molecule has 0 spiro atoms. The summed E-state index contributed by atoms with van der Waals surface area (Å²) in [5, 5.41) is 10.3. The van der Waals surface area contributed by atoms with Gasteiger partial charge in [-0.1, -0.05) is 44.2 Å². The first-order chi connectivity index (χ1) is 13.4. The van der Waals surface area contributed by atoms with E-state index in [2.05, 4.69) is 37.5 Å². The highest BCUT2D eigenvalue weighted by atomic mass is 32.1. The summed E-state index contributed by atoms with van der Waals surface area (Å²) in [5.41, 5.74) is 3.95. The number of rotatable bonds is 2. The van der Waals surface area contributed by atoms with Gasteiger partial charge in [0.05, 0.1) is 0 Å². The number of benzene rings is 1. The average molecular weight is 391 g/mol. The van der Waals surface area contributed by atoms with E-state index in [0.29, 0.717) is 18.2 Å². The summed E-state index contributed by atoms with van der Waals surface area (Å²) in [6.07, 6.45) is 1.40. The van der Waals surface area contributed by atoms with Gasteiger partial charge >= 0.3 is 0 Å². The fraction of sp³-hybridized carbons (Fsp3) is 0.318. The van der Waals surface area contributed by atoms with Crippen LogP contribution in [0.2, 0.25) is 0 Å². The van der Waals surface area contributed by atoms with Gasteiger partial charge in [0.2, 0.25) is 5.95 Å². The molecule has 1 unspecified atom stereocenters. The van der Waals surface area contributed by atoms with Crippen molar-refractivity contribution in [3.05, 3.63) is 63.5 Å². The molecule has 1 aliphatic carbocycles. The van der Waals surface area contributed by atoms with Gasteiger partial charge in [-0.25, -0.2) is 4.68 Å². The van der Waals surface area contributed by atoms with Crippen LogP contribution in [0.1, 0.15) is 43.2 Å². The lowest BCUT2D eigenvalue weighted by Gasteiger charge is -2.38. The van der Waals surface area contributed by atoms with E-state index in [-0.39, 0.29) is 17.2 Å². The van der Waals surface area contributed by atoms with Crippen LogP contribution in [0.25, 0.3) is 11.4 Å². The van der Waals surface area contributed by atoms with Crippen molar-refractivity contribution in [2.45, 2.75) is 39.7 Å². The van der Waals surface area contributed by atoms with E-state index in [1.54, 1.807) is 11.3 Å². The molecule has 1 N–H and O–H groups in total. The zero-order valence-electron chi connectivity index (χ0n) is 16.2. The molecule has 3 heterocycles. The first kappa shape index (κ1) is 17.4. The molecular formula is C22H22N4OS. The second-order valence-corrected chi connectivity index (χ2v) is 9.35. The molecule has 5 nitrogen and oxygen atoms in total. The van der Waals surface area contributed by atoms with E-state index in [9.17, 15) is 4.79 Å². The molecule has 1 atom stereocenters. The topological polar surface area (TPSA) is 59.8 Å². The Balaban J connectivity index is 1.70. The number of allylic oxidation sites excluding steroid dienone is 2. The molecule has 28 heavy (non-hydrogen) atoms. The Morgan fingerprint density at radius 2 is 1.96 bits per heavy atom. The second kappa shape index (κ2) is 6.14. The number of hydrogen-bond donors (Lipinski definition) is 1. The van der Waals surface area contributed by atoms with Crippen LogP contribution in [0.15, 0.2) is 53.0 Å². The van der Waals surface area contributed by atoms with Crippen LogP contribution < -0.4 is 5.32 Å². The Labute approximate surface area is 168 Å². The van der Waals surface area contributed by atoms with Crippen LogP contribution in [-0.2, 0) is 4.79 Å². The van der Waals surface area contributed by atoms with Crippen molar-refractivity contribution in [2.24, 2.45) is 5.41 Å². The number of hydrogen-bond acceptors (Lipinski definition) is 5. The smallest absolute Gasteiger partial charge is 0.226 e. The maximum Gasteiger partial charge on any atom is 0.226 e. The number of nitrogens with one attached hydrogen (secondary N) is 1. The van der Waals surface area contributed by atoms with Gasteiger partial charge in [-0.05, 0) is 35.8 Å². The Morgan fingerprint density at radius 3 is 2.68 bits per heavy atom. The second-order valence-electron chi connectivity index (χ2n) is 8.40. The van der Waals surface area contributed by atoms with Gasteiger partial charge in [-0.15, -0.1) is 16.4 Å². The minimum absolute atomic E-state index is 0.0532. The molecule has 5 rings (SSSR count). The highest BCUT2D eigenvalue weighted by molar-refractivity contribution is 7.10. The van der Waals surface area contributed by atoms with Gasteiger partial charge in [-0.3, -0.25) is 4.79 Å². The normalized spacial score (nSPS) is 20.5. The van der Waals surface area contributed by atoms with E-state index in [4.69, 9.17) is 10.1 Å². The molecular weight excluding hydrogens is 368 g/mol. The lowest BCUT2D eigenvalue weighted by molar-refractivity contribution is -0.118. The summed E-state index contributed by atoms with van der Waals surface area (Å²) in [4.78, 5) is 19.1. The van der Waals surface area contributed by atoms with Crippen LogP contribution in [0, 0.1) is 12.3 Å². The molecule has 0 radical (unpaired) electrons. The van der Waals surface area contributed by atoms with Crippen LogP contribution in [0.5, 0.6) is 0 Å². The molecule has 0 fully saturated rings. The van der Waals surface area contributed by atoms with E-state index in [1.165, 1.54) is 5.56 Å². The van der Waals surface area contributed by atoms with Gasteiger partial charge in [0.25, 0.3) is 0 Å². The van der Waals surface area contributed by atoms with Crippen molar-refractivity contribution in [3.63, 3.8) is 0 Å². The molecule has 1 aliphatic heterocycles. The maximum atomic E-state index is 13.2. The summed E-state index contributed by atoms with van der Waals surface area (Å²) in [6, 6.07) is 11.9. The molecule has 0 bridgehead atoms. The van der Waals surface area contributed by atoms with E-state index < -0.39 is 0 Å². The third kappa shape index (κ3) is 2.71. The van der Waals surface area contributed by atoms with Gasteiger partial charge < -0.3 is 5.32 Å². The summed E-state index contributed by atoms with van der Waals surface area (Å²) >= 11 is 1.68. The maximum absolute atomic E-state index is 13.2. The number of carbonyl (C=O) groups is 1. The Bertz CT molecular complexity index is 1110. The van der Waals surface area contributed by atoms with Crippen molar-refractivity contribution in [1.29, 1.82) is 0 Å². The molecule has 142 valence electrons. The number of fused-ring (bicyclic) bond motifs is 1. The molecule has 3 aromatic rings. The molecule has 1 aromatic carbocycles. The van der Waals surface area contributed by atoms with Gasteiger partial charge in [-0.2, -0.15) is 4.98 Å². The van der Waals surface area contributed by atoms with Crippen LogP contribution in [-0.4, -0.2) is 20.5 Å². The zero-order valence-corrected chi connectivity index (χ0v) is 17.0. The average Bonchev–Trinajstić information content (AvgIpc) is 3.25. The SMILES string of the molecule is Cc1ccsc1C1C2=C(CC(C)(C)CC2=O)Nc2nc(-c3ccccc3)nn21.